The fourth-order valence-corrected chi connectivity index (χ4v) is 3.77. The lowest BCUT2D eigenvalue weighted by molar-refractivity contribution is -0.115. The molecule has 1 aliphatic rings. The van der Waals surface area contributed by atoms with Gasteiger partial charge in [0, 0.05) is 24.9 Å². The maximum Gasteiger partial charge on any atom is 0.330 e. The Morgan fingerprint density at radius 1 is 1.20 bits per heavy atom. The summed E-state index contributed by atoms with van der Waals surface area (Å²) in [6.07, 6.45) is -1.36. The number of hydrogen-bond donors (Lipinski definition) is 3. The molecule has 0 bridgehead atoms. The van der Waals surface area contributed by atoms with Crippen molar-refractivity contribution in [2.75, 3.05) is 11.5 Å². The van der Waals surface area contributed by atoms with Crippen LogP contribution < -0.4 is 16.1 Å². The molecule has 1 fully saturated rings. The largest absolute Gasteiger partial charge is 0.394 e. The smallest absolute Gasteiger partial charge is 0.330 e. The van der Waals surface area contributed by atoms with Crippen LogP contribution in [0, 0.1) is 0 Å². The monoisotopic (exact) mass is 411 g/mol. The van der Waals surface area contributed by atoms with Crippen LogP contribution in [0.2, 0.25) is 0 Å². The van der Waals surface area contributed by atoms with Crippen molar-refractivity contribution in [3.8, 4) is 0 Å². The molecule has 9 nitrogen and oxygen atoms in total. The van der Waals surface area contributed by atoms with Gasteiger partial charge in [0.25, 0.3) is 5.56 Å². The molecule has 156 valence electrons. The Morgan fingerprint density at radius 3 is 2.63 bits per heavy atom. The molecule has 2 heterocycles. The van der Waals surface area contributed by atoms with Crippen LogP contribution in [-0.2, 0) is 9.53 Å². The van der Waals surface area contributed by atoms with Gasteiger partial charge >= 0.3 is 5.69 Å². The predicted molar refractivity (Wildman–Crippen MR) is 110 cm³/mol. The van der Waals surface area contributed by atoms with Crippen molar-refractivity contribution in [3.05, 3.63) is 69.5 Å². The van der Waals surface area contributed by atoms with Gasteiger partial charge < -0.3 is 14.9 Å². The predicted octanol–water partition coefficient (Wildman–Crippen LogP) is 1.02. The van der Waals surface area contributed by atoms with Crippen LogP contribution in [0.15, 0.2) is 58.3 Å². The number of carbonyl (C=O) groups is 1. The van der Waals surface area contributed by atoms with Gasteiger partial charge in [-0.25, -0.2) is 4.79 Å². The highest BCUT2D eigenvalue weighted by Crippen LogP contribution is 2.32. The van der Waals surface area contributed by atoms with Crippen molar-refractivity contribution in [1.82, 2.24) is 9.55 Å². The van der Waals surface area contributed by atoms with Gasteiger partial charge in [-0.1, -0.05) is 36.4 Å². The summed E-state index contributed by atoms with van der Waals surface area (Å²) in [7, 11) is 0. The van der Waals surface area contributed by atoms with Crippen molar-refractivity contribution >= 4 is 28.1 Å². The molecule has 0 aliphatic carbocycles. The lowest BCUT2D eigenvalue weighted by Gasteiger charge is -2.24. The Balaban J connectivity index is 1.86. The first-order valence-electron chi connectivity index (χ1n) is 9.49. The van der Waals surface area contributed by atoms with Crippen LogP contribution in [0.1, 0.15) is 19.6 Å². The summed E-state index contributed by atoms with van der Waals surface area (Å²) in [6, 6.07) is 12.8. The minimum absolute atomic E-state index is 0.0519. The molecule has 3 atom stereocenters. The third-order valence-corrected chi connectivity index (χ3v) is 5.21. The third-order valence-electron chi connectivity index (χ3n) is 5.21. The number of ether oxygens (including phenoxy) is 1. The van der Waals surface area contributed by atoms with Crippen LogP contribution in [0.25, 0.3) is 10.8 Å². The third kappa shape index (κ3) is 3.43. The molecular weight excluding hydrogens is 390 g/mol. The van der Waals surface area contributed by atoms with Crippen molar-refractivity contribution in [2.45, 2.75) is 31.8 Å². The van der Waals surface area contributed by atoms with Crippen LogP contribution in [0.3, 0.4) is 0 Å². The molecule has 30 heavy (non-hydrogen) atoms. The average Bonchev–Trinajstić information content (AvgIpc) is 3.10. The molecule has 1 amide bonds. The number of aromatic nitrogens is 2. The molecule has 0 saturated carbocycles. The maximum absolute atomic E-state index is 12.7. The fraction of sp³-hybridized carbons (Fsp3) is 0.286. The van der Waals surface area contributed by atoms with Crippen LogP contribution >= 0.6 is 0 Å². The maximum atomic E-state index is 12.7. The van der Waals surface area contributed by atoms with Crippen LogP contribution in [0.4, 0.5) is 11.4 Å². The lowest BCUT2D eigenvalue weighted by Crippen LogP contribution is -2.37. The van der Waals surface area contributed by atoms with E-state index in [-0.39, 0.29) is 12.1 Å². The topological polar surface area (TPSA) is 125 Å². The number of nitrogens with one attached hydrogen (secondary N) is 1. The molecule has 4 rings (SSSR count). The normalized spacial score (nSPS) is 21.1. The number of aromatic amines is 1. The number of aliphatic hydroxyl groups excluding tert-OH is 2. The molecule has 2 aromatic carbocycles. The van der Waals surface area contributed by atoms with E-state index in [1.807, 2.05) is 30.3 Å². The minimum Gasteiger partial charge on any atom is -0.394 e. The molecule has 1 aromatic heterocycles. The molecule has 0 radical (unpaired) electrons. The Hall–Kier alpha value is -3.27. The van der Waals surface area contributed by atoms with Crippen LogP contribution in [-0.4, -0.2) is 44.5 Å². The van der Waals surface area contributed by atoms with Gasteiger partial charge in [-0.3, -0.25) is 24.0 Å². The summed E-state index contributed by atoms with van der Waals surface area (Å²) in [6.45, 7) is 0.923. The number of nitrogens with zero attached hydrogens (tertiary/aromatic N) is 2. The zero-order valence-corrected chi connectivity index (χ0v) is 16.2. The Morgan fingerprint density at radius 2 is 1.93 bits per heavy atom. The van der Waals surface area contributed by atoms with E-state index in [1.54, 1.807) is 12.1 Å². The number of rotatable bonds is 4. The van der Waals surface area contributed by atoms with Gasteiger partial charge in [-0.05, 0) is 11.5 Å². The highest BCUT2D eigenvalue weighted by Gasteiger charge is 2.35. The van der Waals surface area contributed by atoms with E-state index < -0.39 is 42.2 Å². The first kappa shape index (κ1) is 20.0. The van der Waals surface area contributed by atoms with E-state index >= 15 is 0 Å². The van der Waals surface area contributed by atoms with Crippen molar-refractivity contribution in [1.29, 1.82) is 0 Å². The van der Waals surface area contributed by atoms with E-state index in [0.29, 0.717) is 5.69 Å². The Bertz CT molecular complexity index is 1210. The Kier molecular flexibility index (Phi) is 5.25. The summed E-state index contributed by atoms with van der Waals surface area (Å²) >= 11 is 0. The first-order valence-corrected chi connectivity index (χ1v) is 9.49. The number of carbonyl (C=O) groups excluding carboxylic acids is 1. The number of amides is 1. The highest BCUT2D eigenvalue weighted by atomic mass is 16.5. The summed E-state index contributed by atoms with van der Waals surface area (Å²) in [5, 5.41) is 20.9. The van der Waals surface area contributed by atoms with E-state index in [2.05, 4.69) is 4.98 Å². The van der Waals surface area contributed by atoms with Crippen molar-refractivity contribution < 1.29 is 19.7 Å². The van der Waals surface area contributed by atoms with Gasteiger partial charge in [0.05, 0.1) is 18.4 Å². The second-order valence-electron chi connectivity index (χ2n) is 7.15. The number of fused-ring (bicyclic) bond motifs is 1. The standard InChI is InChI=1S/C21H21N3O6/c1-12(26)24(15-8-4-6-13-5-2-3-7-14(13)15)16-10-23(21(29)22-20(16)28)19-9-17(27)18(11-25)30-19/h2-8,10,17-19,25,27H,9,11H2,1H3,(H,22,28,29)/t17-,18+,19+/m0/s1. The van der Waals surface area contributed by atoms with E-state index in [4.69, 9.17) is 4.74 Å². The minimum atomic E-state index is -0.954. The molecule has 3 aromatic rings. The summed E-state index contributed by atoms with van der Waals surface area (Å²) in [5.74, 6) is -0.414. The number of aliphatic hydroxyl groups is 2. The zero-order valence-electron chi connectivity index (χ0n) is 16.2. The molecule has 0 spiro atoms. The molecule has 9 heteroatoms. The second-order valence-corrected chi connectivity index (χ2v) is 7.15. The zero-order chi connectivity index (χ0) is 21.4. The number of benzene rings is 2. The van der Waals surface area contributed by atoms with E-state index in [9.17, 15) is 24.6 Å². The number of anilines is 2. The van der Waals surface area contributed by atoms with Gasteiger partial charge in [-0.2, -0.15) is 0 Å². The van der Waals surface area contributed by atoms with Gasteiger partial charge in [0.1, 0.15) is 18.0 Å². The van der Waals surface area contributed by atoms with Gasteiger partial charge in [-0.15, -0.1) is 0 Å². The summed E-state index contributed by atoms with van der Waals surface area (Å²) in [4.78, 5) is 41.1. The van der Waals surface area contributed by atoms with Crippen LogP contribution in [0.5, 0.6) is 0 Å². The first-order chi connectivity index (χ1) is 14.4. The average molecular weight is 411 g/mol. The molecule has 0 unspecified atom stereocenters. The summed E-state index contributed by atoms with van der Waals surface area (Å²) < 4.78 is 6.66. The number of hydrogen-bond acceptors (Lipinski definition) is 6. The van der Waals surface area contributed by atoms with Gasteiger partial charge in [0.2, 0.25) is 5.91 Å². The molecular formula is C21H21N3O6. The quantitative estimate of drug-likeness (QED) is 0.589. The highest BCUT2D eigenvalue weighted by molar-refractivity contribution is 6.07. The fourth-order valence-electron chi connectivity index (χ4n) is 3.77. The van der Waals surface area contributed by atoms with E-state index in [1.165, 1.54) is 18.0 Å². The lowest BCUT2D eigenvalue weighted by atomic mass is 10.1. The van der Waals surface area contributed by atoms with Crippen molar-refractivity contribution in [3.63, 3.8) is 0 Å². The summed E-state index contributed by atoms with van der Waals surface area (Å²) in [5.41, 5.74) is -1.02. The molecule has 1 aliphatic heterocycles. The molecule has 3 N–H and O–H groups in total. The second kappa shape index (κ2) is 7.86. The SMILES string of the molecule is CC(=O)N(c1cn([C@H]2C[C@H](O)[C@@H](CO)O2)c(=O)[nH]c1=O)c1cccc2ccccc12. The van der Waals surface area contributed by atoms with Crippen molar-refractivity contribution in [2.24, 2.45) is 0 Å². The van der Waals surface area contributed by atoms with Gasteiger partial charge in [0.15, 0.2) is 0 Å². The molecule has 1 saturated heterocycles. The van der Waals surface area contributed by atoms with E-state index in [0.717, 1.165) is 15.3 Å². The Labute approximate surface area is 170 Å². The number of H-pyrrole nitrogens is 1.